The monoisotopic (exact) mass is 1190 g/mol. The third-order valence-electron chi connectivity index (χ3n) is 22.8. The molecule has 1 saturated carbocycles. The first-order valence-corrected chi connectivity index (χ1v) is 33.8. The first-order chi connectivity index (χ1) is 44.1. The first kappa shape index (κ1) is 58.0. The summed E-state index contributed by atoms with van der Waals surface area (Å²) >= 11 is 0. The van der Waals surface area contributed by atoms with Gasteiger partial charge < -0.3 is 14.7 Å². The zero-order valence-corrected chi connectivity index (χ0v) is 55.8. The van der Waals surface area contributed by atoms with Gasteiger partial charge in [-0.25, -0.2) is 0 Å². The number of hydrogen-bond acceptors (Lipinski definition) is 3. The van der Waals surface area contributed by atoms with E-state index in [0.717, 1.165) is 18.5 Å². The van der Waals surface area contributed by atoms with Crippen molar-refractivity contribution < 1.29 is 0 Å². The van der Waals surface area contributed by atoms with Gasteiger partial charge in [0.1, 0.15) is 0 Å². The Labute approximate surface area is 547 Å². The van der Waals surface area contributed by atoms with E-state index >= 15 is 0 Å². The van der Waals surface area contributed by atoms with Crippen LogP contribution in [0.5, 0.6) is 0 Å². The average Bonchev–Trinajstić information content (AvgIpc) is 1.11. The normalized spacial score (nSPS) is 18.9. The largest absolute Gasteiger partial charge is 0.334 e. The fraction of sp³-hybridized carbons (Fsp3) is 0.250. The third-order valence-corrected chi connectivity index (χ3v) is 22.8. The van der Waals surface area contributed by atoms with Crippen molar-refractivity contribution in [2.24, 2.45) is 0 Å². The lowest BCUT2D eigenvalue weighted by atomic mass is 9.33. The minimum absolute atomic E-state index is 0.0743. The highest BCUT2D eigenvalue weighted by atomic mass is 15.3. The smallest absolute Gasteiger partial charge is 0.252 e. The van der Waals surface area contributed by atoms with Gasteiger partial charge in [0.2, 0.25) is 0 Å². The standard InChI is InChI=1S/C88H84BN3/c1-83(2,3)64-41-37-59(38-42-64)62-40-45-77-73(50-62)87(11)47-24-25-48-88(87,12)92(77)67-53-80-82-81(54-67)91(76-46-43-65(84(4,5)6)52-68(76)60-31-20-15-21-32-60)79-56-72-71(85(7,8)69-35-22-23-36-70(69)86(72,9)10)55-75(79)89(82)74-44-39-63(58-29-18-14-19-30-58)51-78(74)90(80)66-34-26-33-61(49-66)57-27-16-13-17-28-57/h13-23,26-46,49-56H,24-25,47-48H2,1-12H3. The van der Waals surface area contributed by atoms with Crippen molar-refractivity contribution in [3.63, 3.8) is 0 Å². The number of fused-ring (bicyclic) bond motifs is 9. The predicted octanol–water partition coefficient (Wildman–Crippen LogP) is 21.7. The molecular weight excluding hydrogens is 1110 g/mol. The summed E-state index contributed by atoms with van der Waals surface area (Å²) in [7, 11) is 0. The SMILES string of the molecule is CC(C)(C)c1ccc(-c2ccc3c(c2)C2(C)CCCCC2(C)N3c2cc3c4c(c2)N(c2ccc(C(C)(C)C)cc2-c2ccccc2)c2cc5c(cc2B4c2ccc(-c4ccccc4)cc2N3c2cccc(-c3ccccc3)c2)C(C)(C)c2ccccc2C5(C)C)cc1. The Kier molecular flexibility index (Phi) is 13.0. The van der Waals surface area contributed by atoms with E-state index in [1.807, 2.05) is 0 Å². The summed E-state index contributed by atoms with van der Waals surface area (Å²) in [6.45, 7) is 29.0. The van der Waals surface area contributed by atoms with Gasteiger partial charge in [-0.3, -0.25) is 0 Å². The van der Waals surface area contributed by atoms with Gasteiger partial charge in [-0.05, 0) is 186 Å². The van der Waals surface area contributed by atoms with E-state index in [9.17, 15) is 0 Å². The molecule has 3 nitrogen and oxygen atoms in total. The van der Waals surface area contributed by atoms with Gasteiger partial charge >= 0.3 is 0 Å². The minimum Gasteiger partial charge on any atom is -0.334 e. The molecule has 2 atom stereocenters. The molecule has 2 unspecified atom stereocenters. The summed E-state index contributed by atoms with van der Waals surface area (Å²) < 4.78 is 0. The Balaban J connectivity index is 1.04. The Bertz CT molecular complexity index is 4760. The van der Waals surface area contributed by atoms with Crippen molar-refractivity contribution in [2.75, 3.05) is 14.7 Å². The van der Waals surface area contributed by atoms with Crippen molar-refractivity contribution in [3.05, 3.63) is 282 Å². The first-order valence-electron chi connectivity index (χ1n) is 33.8. The second-order valence-electron chi connectivity index (χ2n) is 30.9. The Morgan fingerprint density at radius 1 is 0.326 bits per heavy atom. The number of anilines is 8. The molecule has 2 aliphatic carbocycles. The maximum Gasteiger partial charge on any atom is 0.252 e. The Hall–Kier alpha value is -9.12. The second-order valence-corrected chi connectivity index (χ2v) is 30.9. The molecule has 0 amide bonds. The van der Waals surface area contributed by atoms with E-state index in [0.29, 0.717) is 0 Å². The quantitative estimate of drug-likeness (QED) is 0.147. The van der Waals surface area contributed by atoms with Crippen molar-refractivity contribution in [1.82, 2.24) is 0 Å². The molecule has 11 aromatic carbocycles. The predicted molar refractivity (Wildman–Crippen MR) is 393 cm³/mol. The fourth-order valence-electron chi connectivity index (χ4n) is 17.4. The van der Waals surface area contributed by atoms with Crippen molar-refractivity contribution in [1.29, 1.82) is 0 Å². The van der Waals surface area contributed by atoms with Crippen LogP contribution in [0.4, 0.5) is 45.5 Å². The summed E-state index contributed by atoms with van der Waals surface area (Å²) in [5.41, 5.74) is 32.2. The van der Waals surface area contributed by atoms with E-state index in [2.05, 4.69) is 340 Å². The molecule has 0 saturated heterocycles. The molecule has 4 heteroatoms. The molecule has 5 aliphatic rings. The highest BCUT2D eigenvalue weighted by Gasteiger charge is 2.58. The maximum absolute atomic E-state index is 2.85. The van der Waals surface area contributed by atoms with E-state index in [-0.39, 0.29) is 39.3 Å². The molecule has 3 aliphatic heterocycles. The zero-order chi connectivity index (χ0) is 63.4. The van der Waals surface area contributed by atoms with E-state index in [4.69, 9.17) is 0 Å². The Morgan fingerprint density at radius 3 is 1.47 bits per heavy atom. The van der Waals surface area contributed by atoms with Gasteiger partial charge in [0.25, 0.3) is 6.71 Å². The van der Waals surface area contributed by atoms with Crippen LogP contribution in [0.15, 0.2) is 243 Å². The molecule has 0 radical (unpaired) electrons. The number of hydrogen-bond donors (Lipinski definition) is 0. The van der Waals surface area contributed by atoms with Gasteiger partial charge in [0.15, 0.2) is 0 Å². The van der Waals surface area contributed by atoms with Crippen LogP contribution in [0.25, 0.3) is 44.5 Å². The second kappa shape index (κ2) is 20.7. The molecular formula is C88H84BN3. The van der Waals surface area contributed by atoms with Crippen LogP contribution >= 0.6 is 0 Å². The molecule has 92 heavy (non-hydrogen) atoms. The summed E-state index contributed by atoms with van der Waals surface area (Å²) in [5, 5.41) is 0. The van der Waals surface area contributed by atoms with Crippen molar-refractivity contribution in [2.45, 2.75) is 141 Å². The van der Waals surface area contributed by atoms with Crippen molar-refractivity contribution in [3.8, 4) is 44.5 Å². The van der Waals surface area contributed by atoms with Crippen LogP contribution in [0.3, 0.4) is 0 Å². The average molecular weight is 1190 g/mol. The summed E-state index contributed by atoms with van der Waals surface area (Å²) in [4.78, 5) is 8.26. The summed E-state index contributed by atoms with van der Waals surface area (Å²) in [6, 6.07) is 94.2. The lowest BCUT2D eigenvalue weighted by Gasteiger charge is -2.51. The molecule has 3 heterocycles. The fourth-order valence-corrected chi connectivity index (χ4v) is 17.4. The number of benzene rings is 11. The van der Waals surface area contributed by atoms with Gasteiger partial charge in [0.05, 0.1) is 11.2 Å². The van der Waals surface area contributed by atoms with Crippen LogP contribution in [0.2, 0.25) is 0 Å². The third kappa shape index (κ3) is 8.75. The van der Waals surface area contributed by atoms with E-state index in [1.165, 1.54) is 152 Å². The van der Waals surface area contributed by atoms with Crippen molar-refractivity contribution >= 4 is 68.6 Å². The van der Waals surface area contributed by atoms with Gasteiger partial charge in [-0.15, -0.1) is 0 Å². The molecule has 0 N–H and O–H groups in total. The molecule has 0 aromatic heterocycles. The minimum atomic E-state index is -0.295. The Morgan fingerprint density at radius 2 is 0.826 bits per heavy atom. The topological polar surface area (TPSA) is 9.72 Å². The van der Waals surface area contributed by atoms with Gasteiger partial charge in [-0.2, -0.15) is 0 Å². The van der Waals surface area contributed by atoms with Crippen LogP contribution < -0.4 is 31.1 Å². The van der Waals surface area contributed by atoms with Crippen LogP contribution in [-0.4, -0.2) is 12.3 Å². The van der Waals surface area contributed by atoms with E-state index in [1.54, 1.807) is 0 Å². The summed E-state index contributed by atoms with van der Waals surface area (Å²) in [5.74, 6) is 0. The lowest BCUT2D eigenvalue weighted by molar-refractivity contribution is 0.195. The number of nitrogens with zero attached hydrogens (tertiary/aromatic N) is 3. The molecule has 0 spiro atoms. The van der Waals surface area contributed by atoms with Crippen LogP contribution in [0.1, 0.15) is 148 Å². The lowest BCUT2D eigenvalue weighted by Crippen LogP contribution is -2.62. The van der Waals surface area contributed by atoms with Gasteiger partial charge in [-0.1, -0.05) is 271 Å². The maximum atomic E-state index is 2.85. The molecule has 0 bridgehead atoms. The molecule has 11 aromatic rings. The van der Waals surface area contributed by atoms with Crippen LogP contribution in [-0.2, 0) is 27.1 Å². The van der Waals surface area contributed by atoms with Gasteiger partial charge in [0, 0.05) is 61.6 Å². The zero-order valence-electron chi connectivity index (χ0n) is 55.8. The highest BCUT2D eigenvalue weighted by molar-refractivity contribution is 7.00. The molecule has 454 valence electrons. The van der Waals surface area contributed by atoms with E-state index < -0.39 is 0 Å². The van der Waals surface area contributed by atoms with Crippen LogP contribution in [0, 0.1) is 0 Å². The number of rotatable bonds is 7. The highest BCUT2D eigenvalue weighted by Crippen LogP contribution is 2.63. The molecule has 16 rings (SSSR count). The summed E-state index contributed by atoms with van der Waals surface area (Å²) in [6.07, 6.45) is 4.57. The molecule has 1 fully saturated rings.